The topological polar surface area (TPSA) is 80.5 Å². The number of nitrogens with two attached hydrogens (primary N) is 1. The predicted molar refractivity (Wildman–Crippen MR) is 76.5 cm³/mol. The minimum atomic E-state index is -0.306. The van der Waals surface area contributed by atoms with E-state index in [1.54, 1.807) is 6.20 Å². The zero-order valence-corrected chi connectivity index (χ0v) is 11.6. The van der Waals surface area contributed by atoms with Crippen molar-refractivity contribution in [2.24, 2.45) is 0 Å². The fourth-order valence-electron chi connectivity index (χ4n) is 2.33. The Bertz CT molecular complexity index is 516. The first kappa shape index (κ1) is 13.2. The predicted octanol–water partition coefficient (Wildman–Crippen LogP) is 0.456. The number of nitrogens with zero attached hydrogens (tertiary/aromatic N) is 2. The first-order valence-corrected chi connectivity index (χ1v) is 7.02. The number of nitrogens with one attached hydrogen (secondary N) is 1. The quantitative estimate of drug-likeness (QED) is 0.838. The van der Waals surface area contributed by atoms with Crippen LogP contribution in [0.25, 0.3) is 0 Å². The highest BCUT2D eigenvalue weighted by molar-refractivity contribution is 5.86. The summed E-state index contributed by atoms with van der Waals surface area (Å²) in [6.07, 6.45) is 3.81. The average molecular weight is 276 g/mol. The molecule has 1 saturated carbocycles. The number of carbonyl (C=O) groups excluding carboxylic acids is 1. The summed E-state index contributed by atoms with van der Waals surface area (Å²) < 4.78 is 5.46. The maximum Gasteiger partial charge on any atom is 0.245 e. The largest absolute Gasteiger partial charge is 0.397 e. The summed E-state index contributed by atoms with van der Waals surface area (Å²) in [5, 5.41) is 3.04. The molecule has 2 heterocycles. The fourth-order valence-corrected chi connectivity index (χ4v) is 2.33. The van der Waals surface area contributed by atoms with Crippen molar-refractivity contribution in [1.29, 1.82) is 0 Å². The molecular formula is C14H20N4O2. The van der Waals surface area contributed by atoms with Gasteiger partial charge in [0.25, 0.3) is 0 Å². The molecule has 0 bridgehead atoms. The van der Waals surface area contributed by atoms with Crippen molar-refractivity contribution < 1.29 is 9.53 Å². The molecule has 6 nitrogen and oxygen atoms in total. The Kier molecular flexibility index (Phi) is 3.48. The third kappa shape index (κ3) is 2.70. The minimum absolute atomic E-state index is 0.0310. The Morgan fingerprint density at radius 1 is 1.55 bits per heavy atom. The van der Waals surface area contributed by atoms with Crippen LogP contribution in [0, 0.1) is 6.92 Å². The molecule has 1 saturated heterocycles. The zero-order chi connectivity index (χ0) is 14.1. The van der Waals surface area contributed by atoms with Crippen molar-refractivity contribution in [2.75, 3.05) is 30.4 Å². The number of hydrogen-bond acceptors (Lipinski definition) is 5. The second-order valence-corrected chi connectivity index (χ2v) is 5.47. The van der Waals surface area contributed by atoms with Gasteiger partial charge in [0.15, 0.2) is 0 Å². The van der Waals surface area contributed by atoms with E-state index in [1.807, 2.05) is 17.9 Å². The monoisotopic (exact) mass is 276 g/mol. The summed E-state index contributed by atoms with van der Waals surface area (Å²) in [5.74, 6) is 0.819. The lowest BCUT2D eigenvalue weighted by molar-refractivity contribution is -0.124. The van der Waals surface area contributed by atoms with Gasteiger partial charge < -0.3 is 20.7 Å². The molecule has 6 heteroatoms. The average Bonchev–Trinajstić information content (AvgIpc) is 3.26. The van der Waals surface area contributed by atoms with E-state index in [0.29, 0.717) is 31.5 Å². The third-order valence-corrected chi connectivity index (χ3v) is 3.79. The molecular weight excluding hydrogens is 256 g/mol. The first-order chi connectivity index (χ1) is 9.65. The molecule has 3 N–H and O–H groups in total. The fraction of sp³-hybridized carbons (Fsp3) is 0.571. The van der Waals surface area contributed by atoms with E-state index < -0.39 is 0 Å². The molecule has 1 amide bonds. The summed E-state index contributed by atoms with van der Waals surface area (Å²) in [4.78, 5) is 18.7. The maximum atomic E-state index is 12.3. The maximum absolute atomic E-state index is 12.3. The van der Waals surface area contributed by atoms with Crippen molar-refractivity contribution in [1.82, 2.24) is 10.3 Å². The molecule has 108 valence electrons. The van der Waals surface area contributed by atoms with Gasteiger partial charge in [-0.1, -0.05) is 0 Å². The number of amides is 1. The van der Waals surface area contributed by atoms with Crippen LogP contribution in [0.5, 0.6) is 0 Å². The molecule has 20 heavy (non-hydrogen) atoms. The second kappa shape index (κ2) is 5.28. The molecule has 0 spiro atoms. The van der Waals surface area contributed by atoms with Crippen LogP contribution in [0.2, 0.25) is 0 Å². The molecule has 1 atom stereocenters. The van der Waals surface area contributed by atoms with Crippen molar-refractivity contribution in [3.63, 3.8) is 0 Å². The number of aryl methyl sites for hydroxylation is 1. The van der Waals surface area contributed by atoms with Crippen LogP contribution in [0.15, 0.2) is 12.3 Å². The van der Waals surface area contributed by atoms with Gasteiger partial charge in [0.2, 0.25) is 5.91 Å². The Hall–Kier alpha value is -1.82. The van der Waals surface area contributed by atoms with E-state index in [9.17, 15) is 4.79 Å². The van der Waals surface area contributed by atoms with Crippen molar-refractivity contribution in [3.05, 3.63) is 17.8 Å². The number of morpholine rings is 1. The van der Waals surface area contributed by atoms with Gasteiger partial charge in [0.1, 0.15) is 11.9 Å². The van der Waals surface area contributed by atoms with E-state index in [2.05, 4.69) is 10.3 Å². The zero-order valence-electron chi connectivity index (χ0n) is 11.6. The summed E-state index contributed by atoms with van der Waals surface area (Å²) in [6, 6.07) is 1.98. The molecule has 1 aromatic heterocycles. The first-order valence-electron chi connectivity index (χ1n) is 7.02. The molecule has 1 aliphatic heterocycles. The number of nitrogen functional groups attached to an aromatic ring is 1. The smallest absolute Gasteiger partial charge is 0.245 e. The van der Waals surface area contributed by atoms with E-state index in [4.69, 9.17) is 10.5 Å². The lowest BCUT2D eigenvalue weighted by Gasteiger charge is -2.35. The Labute approximate surface area is 118 Å². The highest BCUT2D eigenvalue weighted by Gasteiger charge is 2.33. The van der Waals surface area contributed by atoms with Crippen molar-refractivity contribution in [2.45, 2.75) is 31.8 Å². The SMILES string of the molecule is Cc1cc(N2CCOCC2C(=O)NC2CC2)ncc1N. The van der Waals surface area contributed by atoms with E-state index in [0.717, 1.165) is 24.2 Å². The van der Waals surface area contributed by atoms with Gasteiger partial charge in [-0.15, -0.1) is 0 Å². The number of anilines is 2. The third-order valence-electron chi connectivity index (χ3n) is 3.79. The number of ether oxygens (including phenoxy) is 1. The van der Waals surface area contributed by atoms with Crippen LogP contribution < -0.4 is 16.0 Å². The second-order valence-electron chi connectivity index (χ2n) is 5.47. The van der Waals surface area contributed by atoms with Gasteiger partial charge in [-0.2, -0.15) is 0 Å². The molecule has 2 fully saturated rings. The van der Waals surface area contributed by atoms with Gasteiger partial charge in [-0.3, -0.25) is 4.79 Å². The summed E-state index contributed by atoms with van der Waals surface area (Å²) in [5.41, 5.74) is 7.44. The lowest BCUT2D eigenvalue weighted by Crippen LogP contribution is -2.54. The van der Waals surface area contributed by atoms with E-state index >= 15 is 0 Å². The molecule has 0 aromatic carbocycles. The molecule has 0 radical (unpaired) electrons. The van der Waals surface area contributed by atoms with Gasteiger partial charge in [0.05, 0.1) is 25.1 Å². The molecule has 3 rings (SSSR count). The molecule has 1 aliphatic carbocycles. The van der Waals surface area contributed by atoms with E-state index in [-0.39, 0.29) is 11.9 Å². The van der Waals surface area contributed by atoms with Crippen LogP contribution in [-0.4, -0.2) is 42.7 Å². The molecule has 1 unspecified atom stereocenters. The summed E-state index contributed by atoms with van der Waals surface area (Å²) in [7, 11) is 0. The van der Waals surface area contributed by atoms with Crippen molar-refractivity contribution >= 4 is 17.4 Å². The number of aromatic nitrogens is 1. The number of hydrogen-bond donors (Lipinski definition) is 2. The standard InChI is InChI=1S/C14H20N4O2/c1-9-6-13(16-7-11(9)15)18-4-5-20-8-12(18)14(19)17-10-2-3-10/h6-7,10,12H,2-5,8,15H2,1H3,(H,17,19). The van der Waals surface area contributed by atoms with Gasteiger partial charge in [0, 0.05) is 12.6 Å². The summed E-state index contributed by atoms with van der Waals surface area (Å²) >= 11 is 0. The van der Waals surface area contributed by atoms with Crippen LogP contribution in [0.3, 0.4) is 0 Å². The van der Waals surface area contributed by atoms with Gasteiger partial charge in [-0.05, 0) is 31.4 Å². The Morgan fingerprint density at radius 2 is 2.35 bits per heavy atom. The van der Waals surface area contributed by atoms with Crippen LogP contribution >= 0.6 is 0 Å². The lowest BCUT2D eigenvalue weighted by atomic mass is 10.2. The highest BCUT2D eigenvalue weighted by Crippen LogP contribution is 2.23. The number of pyridine rings is 1. The van der Waals surface area contributed by atoms with Gasteiger partial charge >= 0.3 is 0 Å². The number of rotatable bonds is 3. The minimum Gasteiger partial charge on any atom is -0.397 e. The normalized spacial score (nSPS) is 22.6. The van der Waals surface area contributed by atoms with Gasteiger partial charge in [-0.25, -0.2) is 4.98 Å². The van der Waals surface area contributed by atoms with Crippen LogP contribution in [0.4, 0.5) is 11.5 Å². The molecule has 1 aromatic rings. The highest BCUT2D eigenvalue weighted by atomic mass is 16.5. The van der Waals surface area contributed by atoms with Crippen LogP contribution in [0.1, 0.15) is 18.4 Å². The molecule has 2 aliphatic rings. The van der Waals surface area contributed by atoms with E-state index in [1.165, 1.54) is 0 Å². The van der Waals surface area contributed by atoms with Crippen LogP contribution in [-0.2, 0) is 9.53 Å². The Balaban J connectivity index is 1.79. The van der Waals surface area contributed by atoms with Crippen molar-refractivity contribution in [3.8, 4) is 0 Å². The summed E-state index contributed by atoms with van der Waals surface area (Å²) in [6.45, 7) is 3.63. The Morgan fingerprint density at radius 3 is 3.05 bits per heavy atom. The number of carbonyl (C=O) groups is 1.